The highest BCUT2D eigenvalue weighted by molar-refractivity contribution is 6.31. The van der Waals surface area contributed by atoms with Crippen LogP contribution in [0.4, 0.5) is 42.5 Å². The molecule has 0 aliphatic heterocycles. The summed E-state index contributed by atoms with van der Waals surface area (Å²) in [6.07, 6.45) is -6.65. The molecule has 0 saturated carbocycles. The van der Waals surface area contributed by atoms with Crippen LogP contribution in [0.1, 0.15) is 16.8 Å². The number of nitrogens with one attached hydrogen (secondary N) is 2. The Morgan fingerprint density at radius 2 is 1.65 bits per heavy atom. The van der Waals surface area contributed by atoms with Gasteiger partial charge in [-0.05, 0) is 43.3 Å². The average molecular weight is 463 g/mol. The number of urea groups is 1. The highest BCUT2D eigenvalue weighted by atomic mass is 35.5. The largest absolute Gasteiger partial charge is 0.417 e. The number of nitrogens with zero attached hydrogens (tertiary/aromatic N) is 2. The fraction of sp³-hybridized carbons (Fsp3) is 0.158. The lowest BCUT2D eigenvalue weighted by Crippen LogP contribution is -2.20. The molecule has 3 aromatic rings. The van der Waals surface area contributed by atoms with Crippen molar-refractivity contribution in [2.24, 2.45) is 0 Å². The Bertz CT molecular complexity index is 1120. The summed E-state index contributed by atoms with van der Waals surface area (Å²) in [7, 11) is 0. The number of amides is 2. The molecule has 0 bridgehead atoms. The first-order chi connectivity index (χ1) is 14.3. The van der Waals surface area contributed by atoms with Crippen molar-refractivity contribution in [2.75, 3.05) is 10.6 Å². The summed E-state index contributed by atoms with van der Waals surface area (Å²) >= 11 is 5.52. The molecule has 5 nitrogen and oxygen atoms in total. The molecule has 0 saturated heterocycles. The molecular weight excluding hydrogens is 450 g/mol. The monoisotopic (exact) mass is 462 g/mol. The number of aromatic nitrogens is 2. The van der Waals surface area contributed by atoms with Crippen molar-refractivity contribution >= 4 is 29.0 Å². The van der Waals surface area contributed by atoms with Crippen molar-refractivity contribution in [3.8, 4) is 5.69 Å². The van der Waals surface area contributed by atoms with Crippen LogP contribution in [0.3, 0.4) is 0 Å². The SMILES string of the molecule is Cc1cn(-c2cc(NC(=O)Nc3ccc(Cl)c(C(F)(F)F)c3)cc(C(F)(F)F)c2)cn1. The van der Waals surface area contributed by atoms with Gasteiger partial charge in [0.05, 0.1) is 28.2 Å². The van der Waals surface area contributed by atoms with E-state index in [-0.39, 0.29) is 17.1 Å². The Morgan fingerprint density at radius 1 is 0.968 bits per heavy atom. The first kappa shape index (κ1) is 22.5. The van der Waals surface area contributed by atoms with E-state index in [0.717, 1.165) is 18.2 Å². The van der Waals surface area contributed by atoms with Crippen molar-refractivity contribution < 1.29 is 31.1 Å². The number of halogens is 7. The van der Waals surface area contributed by atoms with E-state index in [9.17, 15) is 31.1 Å². The summed E-state index contributed by atoms with van der Waals surface area (Å²) in [5.41, 5.74) is -2.02. The predicted octanol–water partition coefficient (Wildman–Crippen LogP) is 6.52. The fourth-order valence-corrected chi connectivity index (χ4v) is 2.90. The van der Waals surface area contributed by atoms with Crippen LogP contribution in [0.2, 0.25) is 5.02 Å². The summed E-state index contributed by atoms with van der Waals surface area (Å²) in [5.74, 6) is 0. The first-order valence-corrected chi connectivity index (χ1v) is 8.89. The zero-order valence-corrected chi connectivity index (χ0v) is 16.3. The number of imidazole rings is 1. The number of alkyl halides is 6. The molecule has 164 valence electrons. The second kappa shape index (κ2) is 8.14. The lowest BCUT2D eigenvalue weighted by molar-refractivity contribution is -0.138. The van der Waals surface area contributed by atoms with E-state index in [0.29, 0.717) is 17.8 Å². The number of benzene rings is 2. The van der Waals surface area contributed by atoms with Gasteiger partial charge in [-0.15, -0.1) is 0 Å². The van der Waals surface area contributed by atoms with E-state index in [2.05, 4.69) is 15.6 Å². The van der Waals surface area contributed by atoms with Gasteiger partial charge in [0.15, 0.2) is 0 Å². The second-order valence-corrected chi connectivity index (χ2v) is 6.87. The first-order valence-electron chi connectivity index (χ1n) is 8.51. The Kier molecular flexibility index (Phi) is 5.90. The molecule has 1 heterocycles. The van der Waals surface area contributed by atoms with Gasteiger partial charge in [-0.1, -0.05) is 11.6 Å². The molecule has 1 aromatic heterocycles. The maximum Gasteiger partial charge on any atom is 0.417 e. The van der Waals surface area contributed by atoms with Crippen LogP contribution in [-0.2, 0) is 12.4 Å². The Labute approximate surface area is 176 Å². The topological polar surface area (TPSA) is 59.0 Å². The van der Waals surface area contributed by atoms with Gasteiger partial charge in [-0.3, -0.25) is 0 Å². The van der Waals surface area contributed by atoms with Gasteiger partial charge in [0.1, 0.15) is 0 Å². The number of carbonyl (C=O) groups is 1. The standard InChI is InChI=1S/C19H13ClF6N4O/c1-10-8-30(9-27-10)14-5-11(18(21,22)23)4-13(6-14)29-17(31)28-12-2-3-16(20)15(7-12)19(24,25)26/h2-9H,1H3,(H2,28,29,31). The summed E-state index contributed by atoms with van der Waals surface area (Å²) in [4.78, 5) is 16.1. The number of anilines is 2. The zero-order chi connectivity index (χ0) is 23.0. The lowest BCUT2D eigenvalue weighted by atomic mass is 10.1. The van der Waals surface area contributed by atoms with E-state index in [1.807, 2.05) is 0 Å². The molecule has 2 aromatic carbocycles. The molecule has 0 atom stereocenters. The third-order valence-electron chi connectivity index (χ3n) is 4.04. The molecule has 31 heavy (non-hydrogen) atoms. The van der Waals surface area contributed by atoms with Crippen LogP contribution in [0.5, 0.6) is 0 Å². The predicted molar refractivity (Wildman–Crippen MR) is 102 cm³/mol. The van der Waals surface area contributed by atoms with Gasteiger partial charge in [-0.25, -0.2) is 9.78 Å². The van der Waals surface area contributed by atoms with Crippen molar-refractivity contribution in [3.05, 3.63) is 70.8 Å². The van der Waals surface area contributed by atoms with E-state index < -0.39 is 34.5 Å². The van der Waals surface area contributed by atoms with Crippen molar-refractivity contribution in [3.63, 3.8) is 0 Å². The number of aryl methyl sites for hydroxylation is 1. The van der Waals surface area contributed by atoms with Crippen LogP contribution < -0.4 is 10.6 Å². The average Bonchev–Trinajstić information content (AvgIpc) is 3.08. The number of hydrogen-bond acceptors (Lipinski definition) is 2. The normalized spacial score (nSPS) is 12.0. The fourth-order valence-electron chi connectivity index (χ4n) is 2.67. The lowest BCUT2D eigenvalue weighted by Gasteiger charge is -2.15. The number of carbonyl (C=O) groups excluding carboxylic acids is 1. The zero-order valence-electron chi connectivity index (χ0n) is 15.6. The minimum Gasteiger partial charge on any atom is -0.308 e. The van der Waals surface area contributed by atoms with E-state index in [4.69, 9.17) is 11.6 Å². The third-order valence-corrected chi connectivity index (χ3v) is 4.37. The van der Waals surface area contributed by atoms with Crippen LogP contribution in [-0.4, -0.2) is 15.6 Å². The van der Waals surface area contributed by atoms with Crippen LogP contribution in [0.25, 0.3) is 5.69 Å². The molecule has 0 aliphatic carbocycles. The van der Waals surface area contributed by atoms with E-state index in [1.165, 1.54) is 23.2 Å². The highest BCUT2D eigenvalue weighted by Gasteiger charge is 2.34. The molecule has 0 fully saturated rings. The van der Waals surface area contributed by atoms with Crippen molar-refractivity contribution in [1.29, 1.82) is 0 Å². The maximum absolute atomic E-state index is 13.3. The maximum atomic E-state index is 13.3. The summed E-state index contributed by atoms with van der Waals surface area (Å²) in [6.45, 7) is 1.65. The van der Waals surface area contributed by atoms with Gasteiger partial charge >= 0.3 is 18.4 Å². The van der Waals surface area contributed by atoms with Gasteiger partial charge in [0, 0.05) is 23.3 Å². The molecule has 0 unspecified atom stereocenters. The Morgan fingerprint density at radius 3 is 2.23 bits per heavy atom. The summed E-state index contributed by atoms with van der Waals surface area (Å²) < 4.78 is 80.0. The van der Waals surface area contributed by atoms with Gasteiger partial charge < -0.3 is 15.2 Å². The quantitative estimate of drug-likeness (QED) is 0.436. The molecule has 2 N–H and O–H groups in total. The smallest absolute Gasteiger partial charge is 0.308 e. The van der Waals surface area contributed by atoms with Crippen LogP contribution in [0, 0.1) is 6.92 Å². The molecule has 0 radical (unpaired) electrons. The minimum absolute atomic E-state index is 0.0802. The van der Waals surface area contributed by atoms with Crippen molar-refractivity contribution in [2.45, 2.75) is 19.3 Å². The molecular formula is C19H13ClF6N4O. The summed E-state index contributed by atoms with van der Waals surface area (Å²) in [5, 5.41) is 3.78. The summed E-state index contributed by atoms with van der Waals surface area (Å²) in [6, 6.07) is 4.50. The highest BCUT2D eigenvalue weighted by Crippen LogP contribution is 2.36. The van der Waals surface area contributed by atoms with E-state index >= 15 is 0 Å². The molecule has 2 amide bonds. The second-order valence-electron chi connectivity index (χ2n) is 6.46. The van der Waals surface area contributed by atoms with Crippen molar-refractivity contribution in [1.82, 2.24) is 9.55 Å². The number of rotatable bonds is 3. The van der Waals surface area contributed by atoms with E-state index in [1.54, 1.807) is 6.92 Å². The van der Waals surface area contributed by atoms with Crippen LogP contribution >= 0.6 is 11.6 Å². The van der Waals surface area contributed by atoms with Gasteiger partial charge in [0.25, 0.3) is 0 Å². The molecule has 12 heteroatoms. The Hall–Kier alpha value is -3.21. The minimum atomic E-state index is -4.75. The molecule has 3 rings (SSSR count). The van der Waals surface area contributed by atoms with Crippen LogP contribution in [0.15, 0.2) is 48.9 Å². The third kappa shape index (κ3) is 5.48. The van der Waals surface area contributed by atoms with Gasteiger partial charge in [-0.2, -0.15) is 26.3 Å². The molecule has 0 aliphatic rings. The molecule has 0 spiro atoms. The van der Waals surface area contributed by atoms with Gasteiger partial charge in [0.2, 0.25) is 0 Å². The Balaban J connectivity index is 1.87. The number of hydrogen-bond donors (Lipinski definition) is 2.